The second-order valence-corrected chi connectivity index (χ2v) is 7.36. The summed E-state index contributed by atoms with van der Waals surface area (Å²) < 4.78 is 4.91. The van der Waals surface area contributed by atoms with Crippen molar-refractivity contribution in [2.45, 2.75) is 25.8 Å². The van der Waals surface area contributed by atoms with Gasteiger partial charge in [-0.2, -0.15) is 0 Å². The Labute approximate surface area is 182 Å². The molecule has 1 heterocycles. The lowest BCUT2D eigenvalue weighted by Crippen LogP contribution is -2.33. The molecule has 1 aliphatic rings. The van der Waals surface area contributed by atoms with E-state index in [4.69, 9.17) is 4.74 Å². The van der Waals surface area contributed by atoms with Gasteiger partial charge in [0, 0.05) is 32.5 Å². The molecular weight excluding hydrogens is 394 g/mol. The summed E-state index contributed by atoms with van der Waals surface area (Å²) in [6.45, 7) is 2.44. The minimum absolute atomic E-state index is 0.0813. The minimum Gasteiger partial charge on any atom is -0.383 e. The van der Waals surface area contributed by atoms with E-state index in [0.717, 1.165) is 16.7 Å². The average Bonchev–Trinajstić information content (AvgIpc) is 2.75. The van der Waals surface area contributed by atoms with E-state index in [9.17, 15) is 14.4 Å². The predicted octanol–water partition coefficient (Wildman–Crippen LogP) is 2.89. The third-order valence-corrected chi connectivity index (χ3v) is 5.08. The van der Waals surface area contributed by atoms with Crippen molar-refractivity contribution >= 4 is 29.5 Å². The highest BCUT2D eigenvalue weighted by Gasteiger charge is 2.28. The van der Waals surface area contributed by atoms with Crippen LogP contribution in [0.15, 0.2) is 54.7 Å². The zero-order chi connectivity index (χ0) is 22.2. The SMILES string of the molecule is COCCNC(=O)Cc1ccc(NC(=O)CC2c3ccccc3C=CN2C(C)=O)cc1. The Kier molecular flexibility index (Phi) is 7.56. The Morgan fingerprint density at radius 2 is 1.77 bits per heavy atom. The van der Waals surface area contributed by atoms with Crippen molar-refractivity contribution in [3.8, 4) is 0 Å². The number of benzene rings is 2. The van der Waals surface area contributed by atoms with Crippen molar-refractivity contribution in [1.29, 1.82) is 0 Å². The number of carbonyl (C=O) groups is 3. The van der Waals surface area contributed by atoms with Gasteiger partial charge in [0.1, 0.15) is 0 Å². The molecule has 0 fully saturated rings. The maximum atomic E-state index is 12.7. The van der Waals surface area contributed by atoms with Gasteiger partial charge in [0.25, 0.3) is 0 Å². The van der Waals surface area contributed by atoms with Crippen LogP contribution in [-0.4, -0.2) is 42.9 Å². The lowest BCUT2D eigenvalue weighted by Gasteiger charge is -2.32. The van der Waals surface area contributed by atoms with Crippen LogP contribution in [0.5, 0.6) is 0 Å². The molecule has 1 atom stereocenters. The Morgan fingerprint density at radius 1 is 1.03 bits per heavy atom. The third kappa shape index (κ3) is 6.02. The molecule has 0 saturated heterocycles. The molecule has 7 nitrogen and oxygen atoms in total. The highest BCUT2D eigenvalue weighted by Crippen LogP contribution is 2.33. The Morgan fingerprint density at radius 3 is 2.48 bits per heavy atom. The van der Waals surface area contributed by atoms with E-state index in [-0.39, 0.29) is 36.6 Å². The fraction of sp³-hybridized carbons (Fsp3) is 0.292. The molecule has 162 valence electrons. The van der Waals surface area contributed by atoms with E-state index >= 15 is 0 Å². The van der Waals surface area contributed by atoms with Crippen LogP contribution in [0.3, 0.4) is 0 Å². The predicted molar refractivity (Wildman–Crippen MR) is 119 cm³/mol. The smallest absolute Gasteiger partial charge is 0.226 e. The molecule has 0 aromatic heterocycles. The molecular formula is C24H27N3O4. The van der Waals surface area contributed by atoms with Crippen LogP contribution < -0.4 is 10.6 Å². The van der Waals surface area contributed by atoms with Gasteiger partial charge in [-0.25, -0.2) is 0 Å². The van der Waals surface area contributed by atoms with Crippen LogP contribution in [0.2, 0.25) is 0 Å². The Bertz CT molecular complexity index is 969. The fourth-order valence-corrected chi connectivity index (χ4v) is 3.55. The van der Waals surface area contributed by atoms with Gasteiger partial charge >= 0.3 is 0 Å². The first kappa shape index (κ1) is 22.2. The first-order valence-electron chi connectivity index (χ1n) is 10.2. The van der Waals surface area contributed by atoms with E-state index in [1.54, 1.807) is 30.3 Å². The minimum atomic E-state index is -0.353. The molecule has 7 heteroatoms. The van der Waals surface area contributed by atoms with Gasteiger partial charge in [-0.05, 0) is 34.9 Å². The zero-order valence-corrected chi connectivity index (χ0v) is 17.8. The number of amides is 3. The van der Waals surface area contributed by atoms with Crippen LogP contribution in [-0.2, 0) is 25.5 Å². The highest BCUT2D eigenvalue weighted by molar-refractivity contribution is 5.92. The topological polar surface area (TPSA) is 87.7 Å². The van der Waals surface area contributed by atoms with Crippen molar-refractivity contribution in [3.63, 3.8) is 0 Å². The first-order chi connectivity index (χ1) is 15.0. The largest absolute Gasteiger partial charge is 0.383 e. The van der Waals surface area contributed by atoms with Crippen molar-refractivity contribution in [2.75, 3.05) is 25.6 Å². The van der Waals surface area contributed by atoms with Crippen molar-refractivity contribution in [1.82, 2.24) is 10.2 Å². The Hall–Kier alpha value is -3.45. The first-order valence-corrected chi connectivity index (χ1v) is 10.2. The fourth-order valence-electron chi connectivity index (χ4n) is 3.55. The van der Waals surface area contributed by atoms with Gasteiger partial charge in [-0.1, -0.05) is 36.4 Å². The second-order valence-electron chi connectivity index (χ2n) is 7.36. The number of ether oxygens (including phenoxy) is 1. The maximum absolute atomic E-state index is 12.7. The summed E-state index contributed by atoms with van der Waals surface area (Å²) in [5.41, 5.74) is 3.45. The average molecular weight is 421 g/mol. The normalized spacial score (nSPS) is 14.6. The number of fused-ring (bicyclic) bond motifs is 1. The van der Waals surface area contributed by atoms with E-state index in [0.29, 0.717) is 18.8 Å². The molecule has 2 N–H and O–H groups in total. The summed E-state index contributed by atoms with van der Waals surface area (Å²) in [7, 11) is 1.58. The molecule has 3 amide bonds. The number of anilines is 1. The van der Waals surface area contributed by atoms with Gasteiger partial charge in [-0.3, -0.25) is 14.4 Å². The zero-order valence-electron chi connectivity index (χ0n) is 17.8. The quantitative estimate of drug-likeness (QED) is 0.642. The standard InChI is InChI=1S/C24H27N3O4/c1-17(28)27-13-11-19-5-3-4-6-21(19)22(27)16-24(30)26-20-9-7-18(8-10-20)15-23(29)25-12-14-31-2/h3-11,13,22H,12,14-16H2,1-2H3,(H,25,29)(H,26,30). The Balaban J connectivity index is 1.60. The summed E-state index contributed by atoms with van der Waals surface area (Å²) in [4.78, 5) is 38.3. The van der Waals surface area contributed by atoms with Gasteiger partial charge in [0.2, 0.25) is 17.7 Å². The van der Waals surface area contributed by atoms with Crippen LogP contribution >= 0.6 is 0 Å². The molecule has 0 aliphatic carbocycles. The van der Waals surface area contributed by atoms with Crippen LogP contribution in [0.4, 0.5) is 5.69 Å². The van der Waals surface area contributed by atoms with Crippen molar-refractivity contribution in [2.24, 2.45) is 0 Å². The summed E-state index contributed by atoms with van der Waals surface area (Å²) in [5.74, 6) is -0.384. The van der Waals surface area contributed by atoms with E-state index in [1.165, 1.54) is 6.92 Å². The van der Waals surface area contributed by atoms with Crippen LogP contribution in [0.1, 0.15) is 36.1 Å². The number of nitrogens with one attached hydrogen (secondary N) is 2. The molecule has 2 aromatic carbocycles. The number of rotatable bonds is 8. The molecule has 3 rings (SSSR count). The highest BCUT2D eigenvalue weighted by atomic mass is 16.5. The maximum Gasteiger partial charge on any atom is 0.226 e. The van der Waals surface area contributed by atoms with Gasteiger partial charge < -0.3 is 20.3 Å². The molecule has 0 bridgehead atoms. The molecule has 0 saturated carbocycles. The van der Waals surface area contributed by atoms with Gasteiger partial charge in [0.05, 0.1) is 25.5 Å². The van der Waals surface area contributed by atoms with Gasteiger partial charge in [-0.15, -0.1) is 0 Å². The monoisotopic (exact) mass is 421 g/mol. The lowest BCUT2D eigenvalue weighted by atomic mass is 9.93. The van der Waals surface area contributed by atoms with Crippen molar-refractivity contribution in [3.05, 3.63) is 71.4 Å². The van der Waals surface area contributed by atoms with E-state index in [2.05, 4.69) is 10.6 Å². The number of hydrogen-bond donors (Lipinski definition) is 2. The van der Waals surface area contributed by atoms with Crippen LogP contribution in [0, 0.1) is 0 Å². The number of hydrogen-bond acceptors (Lipinski definition) is 4. The molecule has 2 aromatic rings. The third-order valence-electron chi connectivity index (χ3n) is 5.08. The van der Waals surface area contributed by atoms with Crippen molar-refractivity contribution < 1.29 is 19.1 Å². The number of nitrogens with zero attached hydrogens (tertiary/aromatic N) is 1. The summed E-state index contributed by atoms with van der Waals surface area (Å²) in [5, 5.41) is 5.66. The van der Waals surface area contributed by atoms with E-state index in [1.807, 2.05) is 42.5 Å². The molecule has 0 spiro atoms. The molecule has 0 radical (unpaired) electrons. The van der Waals surface area contributed by atoms with Crippen LogP contribution in [0.25, 0.3) is 6.08 Å². The summed E-state index contributed by atoms with van der Waals surface area (Å²) >= 11 is 0. The van der Waals surface area contributed by atoms with E-state index < -0.39 is 0 Å². The molecule has 1 unspecified atom stereocenters. The molecule has 31 heavy (non-hydrogen) atoms. The number of carbonyl (C=O) groups excluding carboxylic acids is 3. The summed E-state index contributed by atoms with van der Waals surface area (Å²) in [6, 6.07) is 14.6. The summed E-state index contributed by atoms with van der Waals surface area (Å²) in [6.07, 6.45) is 4.02. The second kappa shape index (κ2) is 10.5. The van der Waals surface area contributed by atoms with Gasteiger partial charge in [0.15, 0.2) is 0 Å². The molecule has 1 aliphatic heterocycles. The lowest BCUT2D eigenvalue weighted by molar-refractivity contribution is -0.129. The number of methoxy groups -OCH3 is 1.